The first kappa shape index (κ1) is 19.2. The van der Waals surface area contributed by atoms with Crippen LogP contribution in [0.4, 0.5) is 0 Å². The highest BCUT2D eigenvalue weighted by molar-refractivity contribution is 7.89. The topological polar surface area (TPSA) is 79.6 Å². The first-order valence-electron chi connectivity index (χ1n) is 8.26. The number of nitrogens with zero attached hydrogens (tertiary/aromatic N) is 1. The summed E-state index contributed by atoms with van der Waals surface area (Å²) in [7, 11) is -3.47. The number of rotatable bonds is 7. The minimum Gasteiger partial charge on any atom is -0.469 e. The summed E-state index contributed by atoms with van der Waals surface area (Å²) in [6.07, 6.45) is 1.47. The van der Waals surface area contributed by atoms with E-state index in [1.165, 1.54) is 10.6 Å². The molecule has 0 bridgehead atoms. The van der Waals surface area contributed by atoms with E-state index in [4.69, 9.17) is 4.42 Å². The van der Waals surface area contributed by atoms with E-state index in [-0.39, 0.29) is 16.8 Å². The van der Waals surface area contributed by atoms with Gasteiger partial charge >= 0.3 is 0 Å². The van der Waals surface area contributed by atoms with Crippen LogP contribution < -0.4 is 5.32 Å². The molecule has 25 heavy (non-hydrogen) atoms. The Morgan fingerprint density at radius 2 is 1.76 bits per heavy atom. The second kappa shape index (κ2) is 7.84. The van der Waals surface area contributed by atoms with E-state index in [1.54, 1.807) is 37.3 Å². The average molecular weight is 364 g/mol. The van der Waals surface area contributed by atoms with Crippen LogP contribution in [0.25, 0.3) is 0 Å². The van der Waals surface area contributed by atoms with Gasteiger partial charge in [0, 0.05) is 13.1 Å². The molecule has 1 N–H and O–H groups in total. The molecule has 0 aliphatic carbocycles. The van der Waals surface area contributed by atoms with Crippen molar-refractivity contribution in [3.63, 3.8) is 0 Å². The highest BCUT2D eigenvalue weighted by Crippen LogP contribution is 2.20. The molecule has 1 atom stereocenters. The average Bonchev–Trinajstić information content (AvgIpc) is 3.02. The highest BCUT2D eigenvalue weighted by Gasteiger charge is 2.22. The normalized spacial score (nSPS) is 13.0. The quantitative estimate of drug-likeness (QED) is 0.819. The van der Waals surface area contributed by atoms with Crippen molar-refractivity contribution in [2.45, 2.75) is 38.6 Å². The zero-order chi connectivity index (χ0) is 18.6. The maximum Gasteiger partial charge on any atom is 0.255 e. The van der Waals surface area contributed by atoms with Gasteiger partial charge in [-0.15, -0.1) is 0 Å². The van der Waals surface area contributed by atoms with E-state index >= 15 is 0 Å². The van der Waals surface area contributed by atoms with Gasteiger partial charge in [0.1, 0.15) is 5.76 Å². The molecular formula is C18H24N2O4S. The largest absolute Gasteiger partial charge is 0.469 e. The molecule has 1 aromatic carbocycles. The first-order chi connectivity index (χ1) is 11.8. The fourth-order valence-corrected chi connectivity index (χ4v) is 4.08. The Hall–Kier alpha value is -2.12. The second-order valence-electron chi connectivity index (χ2n) is 5.74. The highest BCUT2D eigenvalue weighted by atomic mass is 32.2. The molecule has 136 valence electrons. The molecule has 0 radical (unpaired) electrons. The molecule has 0 aliphatic rings. The van der Waals surface area contributed by atoms with Crippen LogP contribution in [-0.4, -0.2) is 31.7 Å². The molecule has 1 unspecified atom stereocenters. The van der Waals surface area contributed by atoms with Crippen LogP contribution in [0.15, 0.2) is 45.9 Å². The van der Waals surface area contributed by atoms with Gasteiger partial charge in [-0.25, -0.2) is 8.42 Å². The Labute approximate surface area is 148 Å². The van der Waals surface area contributed by atoms with Gasteiger partial charge in [-0.2, -0.15) is 4.31 Å². The van der Waals surface area contributed by atoms with Gasteiger partial charge in [0.2, 0.25) is 10.0 Å². The Kier molecular flexibility index (Phi) is 6.02. The standard InChI is InChI=1S/C18H24N2O4S/c1-5-20(6-2)25(22,23)16-9-7-15(8-10-16)13(3)19-18(21)17-11-12-24-14(17)4/h7-13H,5-6H2,1-4H3,(H,19,21). The minimum atomic E-state index is -3.47. The summed E-state index contributed by atoms with van der Waals surface area (Å²) in [6.45, 7) is 8.05. The molecule has 0 saturated heterocycles. The number of sulfonamides is 1. The van der Waals surface area contributed by atoms with Crippen LogP contribution in [0.1, 0.15) is 48.5 Å². The summed E-state index contributed by atoms with van der Waals surface area (Å²) in [5, 5.41) is 2.88. The van der Waals surface area contributed by atoms with Crippen LogP contribution >= 0.6 is 0 Å². The predicted molar refractivity (Wildman–Crippen MR) is 95.9 cm³/mol. The molecule has 0 saturated carbocycles. The van der Waals surface area contributed by atoms with Gasteiger partial charge in [-0.1, -0.05) is 26.0 Å². The van der Waals surface area contributed by atoms with E-state index < -0.39 is 10.0 Å². The van der Waals surface area contributed by atoms with Gasteiger partial charge in [-0.05, 0) is 37.6 Å². The van der Waals surface area contributed by atoms with Gasteiger partial charge in [-0.3, -0.25) is 4.79 Å². The third-order valence-electron chi connectivity index (χ3n) is 4.17. The summed E-state index contributed by atoms with van der Waals surface area (Å²) in [6, 6.07) is 7.97. The Morgan fingerprint density at radius 1 is 1.16 bits per heavy atom. The summed E-state index contributed by atoms with van der Waals surface area (Å²) in [5.41, 5.74) is 1.32. The van der Waals surface area contributed by atoms with Crippen molar-refractivity contribution >= 4 is 15.9 Å². The number of carbonyl (C=O) groups is 1. The molecule has 1 heterocycles. The van der Waals surface area contributed by atoms with Crippen molar-refractivity contribution in [3.05, 3.63) is 53.5 Å². The fraction of sp³-hybridized carbons (Fsp3) is 0.389. The fourth-order valence-electron chi connectivity index (χ4n) is 2.62. The Morgan fingerprint density at radius 3 is 2.24 bits per heavy atom. The number of carbonyl (C=O) groups excluding carboxylic acids is 1. The summed E-state index contributed by atoms with van der Waals surface area (Å²) < 4.78 is 31.5. The number of aryl methyl sites for hydroxylation is 1. The molecule has 7 heteroatoms. The number of nitrogens with one attached hydrogen (secondary N) is 1. The molecule has 1 aromatic heterocycles. The lowest BCUT2D eigenvalue weighted by Crippen LogP contribution is -2.30. The van der Waals surface area contributed by atoms with Crippen molar-refractivity contribution in [1.82, 2.24) is 9.62 Å². The van der Waals surface area contributed by atoms with Crippen LogP contribution in [0.3, 0.4) is 0 Å². The van der Waals surface area contributed by atoms with Crippen LogP contribution in [0.2, 0.25) is 0 Å². The lowest BCUT2D eigenvalue weighted by molar-refractivity contribution is 0.0938. The molecule has 0 spiro atoms. The molecule has 2 aromatic rings. The number of amides is 1. The lowest BCUT2D eigenvalue weighted by Gasteiger charge is -2.19. The molecule has 0 fully saturated rings. The zero-order valence-electron chi connectivity index (χ0n) is 14.9. The first-order valence-corrected chi connectivity index (χ1v) is 9.70. The van der Waals surface area contributed by atoms with Gasteiger partial charge in [0.25, 0.3) is 5.91 Å². The van der Waals surface area contributed by atoms with E-state index in [2.05, 4.69) is 5.32 Å². The summed E-state index contributed by atoms with van der Waals surface area (Å²) in [5.74, 6) is 0.337. The third-order valence-corrected chi connectivity index (χ3v) is 6.24. The smallest absolute Gasteiger partial charge is 0.255 e. The number of hydrogen-bond acceptors (Lipinski definition) is 4. The number of hydrogen-bond donors (Lipinski definition) is 1. The van der Waals surface area contributed by atoms with Crippen LogP contribution in [-0.2, 0) is 10.0 Å². The summed E-state index contributed by atoms with van der Waals surface area (Å²) >= 11 is 0. The SMILES string of the molecule is CCN(CC)S(=O)(=O)c1ccc(C(C)NC(=O)c2ccoc2C)cc1. The minimum absolute atomic E-state index is 0.224. The van der Waals surface area contributed by atoms with E-state index in [1.807, 2.05) is 20.8 Å². The van der Waals surface area contributed by atoms with Crippen LogP contribution in [0, 0.1) is 6.92 Å². The lowest BCUT2D eigenvalue weighted by atomic mass is 10.1. The van der Waals surface area contributed by atoms with Crippen molar-refractivity contribution < 1.29 is 17.6 Å². The Bertz CT molecular complexity index is 821. The van der Waals surface area contributed by atoms with Gasteiger partial charge in [0.05, 0.1) is 22.8 Å². The molecule has 2 rings (SSSR count). The van der Waals surface area contributed by atoms with Crippen molar-refractivity contribution in [3.8, 4) is 0 Å². The maximum atomic E-state index is 12.5. The molecular weight excluding hydrogens is 340 g/mol. The molecule has 6 nitrogen and oxygen atoms in total. The van der Waals surface area contributed by atoms with Crippen molar-refractivity contribution in [1.29, 1.82) is 0 Å². The third kappa shape index (κ3) is 4.11. The van der Waals surface area contributed by atoms with Crippen molar-refractivity contribution in [2.75, 3.05) is 13.1 Å². The molecule has 0 aliphatic heterocycles. The second-order valence-corrected chi connectivity index (χ2v) is 7.68. The van der Waals surface area contributed by atoms with Crippen molar-refractivity contribution in [2.24, 2.45) is 0 Å². The number of benzene rings is 1. The van der Waals surface area contributed by atoms with E-state index in [0.717, 1.165) is 5.56 Å². The summed E-state index contributed by atoms with van der Waals surface area (Å²) in [4.78, 5) is 12.5. The predicted octanol–water partition coefficient (Wildman–Crippen LogP) is 3.11. The van der Waals surface area contributed by atoms with E-state index in [9.17, 15) is 13.2 Å². The van der Waals surface area contributed by atoms with Gasteiger partial charge < -0.3 is 9.73 Å². The zero-order valence-corrected chi connectivity index (χ0v) is 15.8. The van der Waals surface area contributed by atoms with E-state index in [0.29, 0.717) is 24.4 Å². The monoisotopic (exact) mass is 364 g/mol. The van der Waals surface area contributed by atoms with Gasteiger partial charge in [0.15, 0.2) is 0 Å². The Balaban J connectivity index is 2.14. The maximum absolute atomic E-state index is 12.5. The number of furan rings is 1. The molecule has 1 amide bonds. The van der Waals surface area contributed by atoms with Crippen LogP contribution in [0.5, 0.6) is 0 Å².